The van der Waals surface area contributed by atoms with Crippen molar-refractivity contribution < 1.29 is 14.6 Å². The van der Waals surface area contributed by atoms with Crippen LogP contribution in [-0.2, 0) is 0 Å². The Bertz CT molecular complexity index is 1530. The first kappa shape index (κ1) is 19.6. The average Bonchev–Trinajstić information content (AvgIpc) is 3.29. The van der Waals surface area contributed by atoms with Gasteiger partial charge in [-0.1, -0.05) is 0 Å². The Labute approximate surface area is 186 Å². The maximum absolute atomic E-state index is 16.2. The Kier molecular flexibility index (Phi) is 4.05. The van der Waals surface area contributed by atoms with E-state index < -0.39 is 5.82 Å². The van der Waals surface area contributed by atoms with Crippen molar-refractivity contribution in [1.29, 1.82) is 21.0 Å². The molecule has 2 aliphatic rings. The van der Waals surface area contributed by atoms with Crippen LogP contribution in [0.4, 0.5) is 4.39 Å². The van der Waals surface area contributed by atoms with E-state index in [0.29, 0.717) is 22.3 Å². The van der Waals surface area contributed by atoms with E-state index in [4.69, 9.17) is 0 Å². The van der Waals surface area contributed by atoms with Crippen molar-refractivity contribution in [2.45, 2.75) is 0 Å². The number of nitrogens with zero attached hydrogens (tertiary/aromatic N) is 4. The van der Waals surface area contributed by atoms with Crippen molar-refractivity contribution >= 4 is 11.1 Å². The van der Waals surface area contributed by atoms with Crippen molar-refractivity contribution in [2.24, 2.45) is 0 Å². The number of aromatic hydroxyl groups is 2. The fourth-order valence-electron chi connectivity index (χ4n) is 4.59. The lowest BCUT2D eigenvalue weighted by Crippen LogP contribution is -1.95. The number of phenols is 2. The molecule has 3 aromatic rings. The first-order valence-electron chi connectivity index (χ1n) is 9.58. The van der Waals surface area contributed by atoms with Gasteiger partial charge in [-0.2, -0.15) is 21.0 Å². The summed E-state index contributed by atoms with van der Waals surface area (Å²) in [5.41, 5.74) is 2.07. The summed E-state index contributed by atoms with van der Waals surface area (Å²) >= 11 is 0. The number of allylic oxidation sites excluding steroid dienone is 2. The van der Waals surface area contributed by atoms with Gasteiger partial charge in [0.15, 0.2) is 0 Å². The molecule has 152 valence electrons. The number of nitriles is 4. The van der Waals surface area contributed by atoms with Gasteiger partial charge >= 0.3 is 0 Å². The van der Waals surface area contributed by atoms with Crippen molar-refractivity contribution in [3.8, 4) is 58.0 Å². The van der Waals surface area contributed by atoms with E-state index in [1.54, 1.807) is 6.07 Å². The predicted molar refractivity (Wildman–Crippen MR) is 115 cm³/mol. The van der Waals surface area contributed by atoms with Crippen LogP contribution in [0.1, 0.15) is 22.3 Å². The lowest BCUT2D eigenvalue weighted by atomic mass is 9.92. The van der Waals surface area contributed by atoms with Gasteiger partial charge in [0.05, 0.1) is 0 Å². The van der Waals surface area contributed by atoms with Gasteiger partial charge in [0, 0.05) is 22.3 Å². The third-order valence-corrected chi connectivity index (χ3v) is 5.84. The van der Waals surface area contributed by atoms with Crippen molar-refractivity contribution in [3.63, 3.8) is 0 Å². The number of halogens is 1. The molecule has 7 heteroatoms. The SMILES string of the molecule is N#CC(C#N)=C1c2cc(O)ccc2-c2c1cc1c(c2F)-c2ccc(O)cc2C1=C(C#N)C#N. The molecule has 0 amide bonds. The minimum Gasteiger partial charge on any atom is -0.508 e. The molecule has 0 aromatic heterocycles. The topological polar surface area (TPSA) is 136 Å². The number of benzene rings is 3. The van der Waals surface area contributed by atoms with Gasteiger partial charge in [-0.15, -0.1) is 0 Å². The molecule has 0 radical (unpaired) electrons. The van der Waals surface area contributed by atoms with E-state index >= 15 is 4.39 Å². The molecule has 0 heterocycles. The molecule has 0 saturated carbocycles. The second kappa shape index (κ2) is 6.82. The molecule has 0 saturated heterocycles. The van der Waals surface area contributed by atoms with E-state index in [0.717, 1.165) is 0 Å². The summed E-state index contributed by atoms with van der Waals surface area (Å²) < 4.78 is 16.2. The zero-order valence-electron chi connectivity index (χ0n) is 16.6. The Hall–Kier alpha value is -5.37. The van der Waals surface area contributed by atoms with Gasteiger partial charge in [0.2, 0.25) is 0 Å². The van der Waals surface area contributed by atoms with E-state index in [-0.39, 0.29) is 56.0 Å². The Morgan fingerprint density at radius 1 is 0.576 bits per heavy atom. The molecule has 33 heavy (non-hydrogen) atoms. The normalized spacial score (nSPS) is 11.8. The lowest BCUT2D eigenvalue weighted by molar-refractivity contribution is 0.474. The number of hydrogen-bond acceptors (Lipinski definition) is 6. The highest BCUT2D eigenvalue weighted by Gasteiger charge is 2.37. The monoisotopic (exact) mass is 428 g/mol. The molecule has 0 aliphatic heterocycles. The second-order valence-corrected chi connectivity index (χ2v) is 7.44. The summed E-state index contributed by atoms with van der Waals surface area (Å²) in [6.07, 6.45) is 0. The fourth-order valence-corrected chi connectivity index (χ4v) is 4.59. The third-order valence-electron chi connectivity index (χ3n) is 5.84. The predicted octanol–water partition coefficient (Wildman–Crippen LogP) is 4.90. The number of hydrogen-bond donors (Lipinski definition) is 2. The van der Waals surface area contributed by atoms with Crippen molar-refractivity contribution in [1.82, 2.24) is 0 Å². The molecular formula is C26H9FN4O2. The smallest absolute Gasteiger partial charge is 0.140 e. The Morgan fingerprint density at radius 3 is 1.33 bits per heavy atom. The fraction of sp³-hybridized carbons (Fsp3) is 0. The second-order valence-electron chi connectivity index (χ2n) is 7.44. The Balaban J connectivity index is 2.00. The molecule has 2 N–H and O–H groups in total. The molecule has 0 atom stereocenters. The molecular weight excluding hydrogens is 419 g/mol. The molecule has 0 spiro atoms. The first-order chi connectivity index (χ1) is 15.9. The van der Waals surface area contributed by atoms with E-state index in [9.17, 15) is 31.3 Å². The minimum atomic E-state index is -0.656. The van der Waals surface area contributed by atoms with E-state index in [2.05, 4.69) is 0 Å². The molecule has 0 unspecified atom stereocenters. The molecule has 5 rings (SSSR count). The maximum atomic E-state index is 16.2. The summed E-state index contributed by atoms with van der Waals surface area (Å²) in [5, 5.41) is 58.2. The van der Waals surface area contributed by atoms with Crippen LogP contribution in [0.2, 0.25) is 0 Å². The molecule has 0 bridgehead atoms. The number of rotatable bonds is 0. The van der Waals surface area contributed by atoms with Crippen LogP contribution in [0, 0.1) is 51.1 Å². The minimum absolute atomic E-state index is 0.111. The van der Waals surface area contributed by atoms with Gasteiger partial charge in [-0.05, 0) is 75.8 Å². The summed E-state index contributed by atoms with van der Waals surface area (Å²) in [5.74, 6) is -0.878. The van der Waals surface area contributed by atoms with E-state index in [1.807, 2.05) is 24.3 Å². The lowest BCUT2D eigenvalue weighted by Gasteiger charge is -2.10. The van der Waals surface area contributed by atoms with Crippen molar-refractivity contribution in [2.75, 3.05) is 0 Å². The van der Waals surface area contributed by atoms with E-state index in [1.165, 1.54) is 36.4 Å². The van der Waals surface area contributed by atoms with Crippen LogP contribution in [0.15, 0.2) is 53.6 Å². The first-order valence-corrected chi connectivity index (χ1v) is 9.58. The highest BCUT2D eigenvalue weighted by Crippen LogP contribution is 2.55. The zero-order valence-corrected chi connectivity index (χ0v) is 16.6. The van der Waals surface area contributed by atoms with Gasteiger partial charge in [0.25, 0.3) is 0 Å². The summed E-state index contributed by atoms with van der Waals surface area (Å²) in [6.45, 7) is 0. The molecule has 6 nitrogen and oxygen atoms in total. The quantitative estimate of drug-likeness (QED) is 0.337. The average molecular weight is 428 g/mol. The van der Waals surface area contributed by atoms with Crippen LogP contribution in [0.5, 0.6) is 11.5 Å². The van der Waals surface area contributed by atoms with Crippen LogP contribution < -0.4 is 0 Å². The maximum Gasteiger partial charge on any atom is 0.140 e. The van der Waals surface area contributed by atoms with Gasteiger partial charge in [-0.25, -0.2) is 4.39 Å². The van der Waals surface area contributed by atoms with Crippen molar-refractivity contribution in [3.05, 3.63) is 81.7 Å². The van der Waals surface area contributed by atoms with Gasteiger partial charge in [-0.3, -0.25) is 0 Å². The largest absolute Gasteiger partial charge is 0.508 e. The molecule has 3 aromatic carbocycles. The standard InChI is InChI=1S/C26H9FN4O2/c27-26-24-16-3-1-14(32)5-18(16)22(12(8-28)9-29)20(24)7-21-23(13(10-30)11-31)19-6-15(33)2-4-17(19)25(21)26/h1-7,32-33H. The van der Waals surface area contributed by atoms with Crippen LogP contribution in [0.3, 0.4) is 0 Å². The zero-order chi connectivity index (χ0) is 23.4. The number of fused-ring (bicyclic) bond motifs is 6. The van der Waals surface area contributed by atoms with Crippen LogP contribution >= 0.6 is 0 Å². The third kappa shape index (κ3) is 2.48. The summed E-state index contributed by atoms with van der Waals surface area (Å²) in [6, 6.07) is 17.4. The van der Waals surface area contributed by atoms with Gasteiger partial charge < -0.3 is 10.2 Å². The number of phenolic OH excluding ortho intramolecular Hbond substituents is 2. The highest BCUT2D eigenvalue weighted by atomic mass is 19.1. The van der Waals surface area contributed by atoms with Crippen LogP contribution in [0.25, 0.3) is 33.4 Å². The van der Waals surface area contributed by atoms with Gasteiger partial charge in [0.1, 0.15) is 52.7 Å². The van der Waals surface area contributed by atoms with Crippen LogP contribution in [-0.4, -0.2) is 10.2 Å². The Morgan fingerprint density at radius 2 is 0.970 bits per heavy atom. The highest BCUT2D eigenvalue weighted by molar-refractivity contribution is 6.11. The molecule has 0 fully saturated rings. The molecule has 2 aliphatic carbocycles. The summed E-state index contributed by atoms with van der Waals surface area (Å²) in [7, 11) is 0. The summed E-state index contributed by atoms with van der Waals surface area (Å²) in [4.78, 5) is 0.